The number of nitrogens with one attached hydrogen (secondary N) is 2. The second-order valence-corrected chi connectivity index (χ2v) is 16.4. The minimum Gasteiger partial charge on any atom is -0.494 e. The topological polar surface area (TPSA) is 82.6 Å². The number of ether oxygens (including phenoxy) is 1. The molecule has 2 fully saturated rings. The number of benzene rings is 2. The number of hydrogen-bond acceptors (Lipinski definition) is 8. The first-order valence-corrected chi connectivity index (χ1v) is 18.1. The molecule has 1 aromatic heterocycles. The maximum absolute atomic E-state index is 13.5. The Morgan fingerprint density at radius 2 is 1.80 bits per heavy atom. The van der Waals surface area contributed by atoms with Gasteiger partial charge in [0.1, 0.15) is 17.9 Å². The minimum atomic E-state index is -4.58. The van der Waals surface area contributed by atoms with E-state index in [1.807, 2.05) is 12.1 Å². The van der Waals surface area contributed by atoms with Gasteiger partial charge in [-0.1, -0.05) is 18.5 Å². The fourth-order valence-electron chi connectivity index (χ4n) is 6.44. The maximum Gasteiger partial charge on any atom is 0.416 e. The summed E-state index contributed by atoms with van der Waals surface area (Å²) in [6.07, 6.45) is 2.47. The average Bonchev–Trinajstić information content (AvgIpc) is 2.96. The molecule has 13 heteroatoms. The van der Waals surface area contributed by atoms with E-state index >= 15 is 0 Å². The molecule has 1 aliphatic heterocycles. The Balaban J connectivity index is 1.39. The molecular weight excluding hydrogens is 624 g/mol. The van der Waals surface area contributed by atoms with Crippen LogP contribution in [0.2, 0.25) is 5.02 Å². The molecule has 244 valence electrons. The van der Waals surface area contributed by atoms with Crippen LogP contribution in [0, 0.1) is 5.41 Å². The first-order valence-electron chi connectivity index (χ1n) is 15.1. The van der Waals surface area contributed by atoms with Gasteiger partial charge in [-0.25, -0.2) is 4.98 Å². The summed E-state index contributed by atoms with van der Waals surface area (Å²) < 4.78 is 59.3. The van der Waals surface area contributed by atoms with Gasteiger partial charge in [0.05, 0.1) is 30.2 Å². The molecule has 0 radical (unpaired) electrons. The van der Waals surface area contributed by atoms with Crippen LogP contribution in [0.25, 0.3) is 0 Å². The first-order chi connectivity index (χ1) is 21.1. The molecule has 0 amide bonds. The highest BCUT2D eigenvalue weighted by Crippen LogP contribution is 2.51. The number of aryl methyl sites for hydroxylation is 1. The number of alkyl halides is 3. The lowest BCUT2D eigenvalue weighted by molar-refractivity contribution is -0.137. The summed E-state index contributed by atoms with van der Waals surface area (Å²) >= 11 is 6.38. The van der Waals surface area contributed by atoms with Crippen LogP contribution in [-0.4, -0.2) is 68.5 Å². The van der Waals surface area contributed by atoms with E-state index in [0.717, 1.165) is 42.9 Å². The number of halogens is 4. The van der Waals surface area contributed by atoms with Crippen LogP contribution in [0.3, 0.4) is 0 Å². The first kappa shape index (κ1) is 33.4. The molecule has 2 N–H and O–H groups in total. The van der Waals surface area contributed by atoms with E-state index in [2.05, 4.69) is 51.4 Å². The number of methoxy groups -OCH3 is 1. The number of nitrogens with zero attached hydrogens (tertiary/aromatic N) is 4. The van der Waals surface area contributed by atoms with Gasteiger partial charge in [-0.05, 0) is 94.8 Å². The van der Waals surface area contributed by atoms with Crippen LogP contribution in [0.1, 0.15) is 43.7 Å². The van der Waals surface area contributed by atoms with Crippen molar-refractivity contribution >= 4 is 52.9 Å². The highest BCUT2D eigenvalue weighted by molar-refractivity contribution is 7.70. The summed E-state index contributed by atoms with van der Waals surface area (Å²) in [5, 5.41) is 6.43. The molecule has 0 atom stereocenters. The average molecular weight is 665 g/mol. The van der Waals surface area contributed by atoms with Crippen molar-refractivity contribution in [1.29, 1.82) is 0 Å². The van der Waals surface area contributed by atoms with Crippen LogP contribution >= 0.6 is 18.7 Å². The van der Waals surface area contributed by atoms with Crippen LogP contribution in [0.4, 0.5) is 42.0 Å². The SMILES string of the molecule is CCc1cc(Nc2ncc(Cl)c(Nc3cc(C(F)(F)F)ccc3P(C)(C)=O)n2)c(OC)cc1N1CCC2(CC1)CC(N(C)C)C2. The molecule has 1 saturated carbocycles. The van der Waals surface area contributed by atoms with Crippen LogP contribution in [-0.2, 0) is 17.2 Å². The molecule has 0 unspecified atom stereocenters. The van der Waals surface area contributed by atoms with Crippen molar-refractivity contribution in [1.82, 2.24) is 14.9 Å². The van der Waals surface area contributed by atoms with E-state index in [4.69, 9.17) is 16.3 Å². The largest absolute Gasteiger partial charge is 0.494 e. The van der Waals surface area contributed by atoms with Gasteiger partial charge in [-0.3, -0.25) is 0 Å². The minimum absolute atomic E-state index is 0.0161. The Bertz CT molecular complexity index is 1600. The Morgan fingerprint density at radius 3 is 2.38 bits per heavy atom. The summed E-state index contributed by atoms with van der Waals surface area (Å²) in [5.74, 6) is 0.856. The van der Waals surface area contributed by atoms with E-state index in [9.17, 15) is 17.7 Å². The molecule has 8 nitrogen and oxygen atoms in total. The smallest absolute Gasteiger partial charge is 0.416 e. The Hall–Kier alpha value is -3.01. The fraction of sp³-hybridized carbons (Fsp3) is 0.500. The second-order valence-electron chi connectivity index (χ2n) is 12.8. The van der Waals surface area contributed by atoms with Gasteiger partial charge in [0.25, 0.3) is 0 Å². The highest BCUT2D eigenvalue weighted by Gasteiger charge is 2.46. The van der Waals surface area contributed by atoms with Gasteiger partial charge in [0, 0.05) is 36.2 Å². The molecule has 1 spiro atoms. The summed E-state index contributed by atoms with van der Waals surface area (Å²) in [4.78, 5) is 13.6. The molecular formula is C32H41ClF3N6O2P. The van der Waals surface area contributed by atoms with Crippen molar-refractivity contribution in [3.8, 4) is 5.75 Å². The molecule has 2 aromatic carbocycles. The lowest BCUT2D eigenvalue weighted by Crippen LogP contribution is -2.53. The Morgan fingerprint density at radius 1 is 1.11 bits per heavy atom. The summed E-state index contributed by atoms with van der Waals surface area (Å²) in [6.45, 7) is 7.09. The van der Waals surface area contributed by atoms with Gasteiger partial charge < -0.3 is 29.7 Å². The van der Waals surface area contributed by atoms with Gasteiger partial charge in [-0.15, -0.1) is 0 Å². The molecule has 1 saturated heterocycles. The number of aromatic nitrogens is 2. The number of piperidine rings is 1. The van der Waals surface area contributed by atoms with Crippen molar-refractivity contribution in [2.45, 2.75) is 51.2 Å². The van der Waals surface area contributed by atoms with Crippen molar-refractivity contribution < 1.29 is 22.5 Å². The van der Waals surface area contributed by atoms with Crippen LogP contribution in [0.5, 0.6) is 5.75 Å². The molecule has 2 aliphatic rings. The number of hydrogen-bond donors (Lipinski definition) is 2. The third kappa shape index (κ3) is 7.21. The Labute approximate surface area is 268 Å². The van der Waals surface area contributed by atoms with Crippen molar-refractivity contribution in [3.05, 3.63) is 52.7 Å². The van der Waals surface area contributed by atoms with E-state index in [1.54, 1.807) is 7.11 Å². The zero-order valence-electron chi connectivity index (χ0n) is 26.6. The molecule has 5 rings (SSSR count). The third-order valence-electron chi connectivity index (χ3n) is 9.16. The normalized spacial score (nSPS) is 17.0. The zero-order valence-corrected chi connectivity index (χ0v) is 28.2. The second kappa shape index (κ2) is 12.6. The van der Waals surface area contributed by atoms with Crippen molar-refractivity contribution in [2.75, 3.05) is 63.2 Å². The van der Waals surface area contributed by atoms with E-state index in [1.165, 1.54) is 51.3 Å². The van der Waals surface area contributed by atoms with Crippen LogP contribution in [0.15, 0.2) is 36.5 Å². The highest BCUT2D eigenvalue weighted by atomic mass is 35.5. The Kier molecular flexibility index (Phi) is 9.38. The summed E-state index contributed by atoms with van der Waals surface area (Å²) in [5.41, 5.74) is 2.55. The monoisotopic (exact) mass is 664 g/mol. The van der Waals surface area contributed by atoms with Gasteiger partial charge in [-0.2, -0.15) is 18.2 Å². The van der Waals surface area contributed by atoms with E-state index in [-0.39, 0.29) is 27.8 Å². The standard InChI is InChI=1S/C32H41ClF3N6O2P/c1-7-20-14-24(27(44-4)16-26(20)42-12-10-31(11-13-42)17-22(18-31)41(2)3)39-30-37-19-23(33)29(40-30)38-25-15-21(32(34,35)36)8-9-28(25)45(5,6)43/h8-9,14-16,19,22H,7,10-13,17-18H2,1-6H3,(H2,37,38,39,40). The van der Waals surface area contributed by atoms with Gasteiger partial charge >= 0.3 is 6.18 Å². The molecule has 1 aliphatic carbocycles. The van der Waals surface area contributed by atoms with Gasteiger partial charge in [0.2, 0.25) is 5.95 Å². The molecule has 2 heterocycles. The zero-order chi connectivity index (χ0) is 32.7. The predicted molar refractivity (Wildman–Crippen MR) is 177 cm³/mol. The lowest BCUT2D eigenvalue weighted by Gasteiger charge is -2.54. The number of anilines is 5. The molecule has 3 aromatic rings. The summed E-state index contributed by atoms with van der Waals surface area (Å²) in [7, 11) is 2.98. The van der Waals surface area contributed by atoms with E-state index in [0.29, 0.717) is 22.9 Å². The maximum atomic E-state index is 13.5. The van der Waals surface area contributed by atoms with E-state index < -0.39 is 18.9 Å². The number of rotatable bonds is 9. The molecule has 45 heavy (non-hydrogen) atoms. The lowest BCUT2D eigenvalue weighted by atomic mass is 9.60. The fourth-order valence-corrected chi connectivity index (χ4v) is 7.71. The van der Waals surface area contributed by atoms with Gasteiger partial charge in [0.15, 0.2) is 5.82 Å². The summed E-state index contributed by atoms with van der Waals surface area (Å²) in [6, 6.07) is 7.84. The van der Waals surface area contributed by atoms with Crippen LogP contribution < -0.4 is 25.6 Å². The quantitative estimate of drug-likeness (QED) is 0.225. The predicted octanol–water partition coefficient (Wildman–Crippen LogP) is 7.77. The van der Waals surface area contributed by atoms with Crippen molar-refractivity contribution in [2.24, 2.45) is 5.41 Å². The third-order valence-corrected chi connectivity index (χ3v) is 11.0. The van der Waals surface area contributed by atoms with Crippen molar-refractivity contribution in [3.63, 3.8) is 0 Å². The molecule has 0 bridgehead atoms.